The SMILES string of the molecule is COCCOC(C(=O)NN=Cc1cc(Br)c(OC)c(OC)c1)c1ccc2ccccc2c1. The van der Waals surface area contributed by atoms with Crippen molar-refractivity contribution in [3.63, 3.8) is 0 Å². The van der Waals surface area contributed by atoms with Crippen molar-refractivity contribution in [1.82, 2.24) is 5.43 Å². The van der Waals surface area contributed by atoms with Crippen LogP contribution in [0.4, 0.5) is 0 Å². The van der Waals surface area contributed by atoms with Crippen molar-refractivity contribution >= 4 is 38.8 Å². The van der Waals surface area contributed by atoms with Crippen LogP contribution in [0.1, 0.15) is 17.2 Å². The number of hydrogen-bond donors (Lipinski definition) is 1. The van der Waals surface area contributed by atoms with Crippen molar-refractivity contribution in [3.8, 4) is 11.5 Å². The van der Waals surface area contributed by atoms with Crippen LogP contribution in [0.3, 0.4) is 0 Å². The Morgan fingerprint density at radius 2 is 1.81 bits per heavy atom. The number of hydrogen-bond acceptors (Lipinski definition) is 6. The molecule has 0 bridgehead atoms. The molecule has 0 aromatic heterocycles. The maximum absolute atomic E-state index is 12.9. The van der Waals surface area contributed by atoms with Crippen molar-refractivity contribution in [1.29, 1.82) is 0 Å². The topological polar surface area (TPSA) is 78.4 Å². The Bertz CT molecular complexity index is 1100. The van der Waals surface area contributed by atoms with Crippen LogP contribution in [0, 0.1) is 0 Å². The maximum Gasteiger partial charge on any atom is 0.273 e. The smallest absolute Gasteiger partial charge is 0.273 e. The highest BCUT2D eigenvalue weighted by atomic mass is 79.9. The minimum Gasteiger partial charge on any atom is -0.493 e. The fourth-order valence-corrected chi connectivity index (χ4v) is 3.81. The number of halogens is 1. The highest BCUT2D eigenvalue weighted by Crippen LogP contribution is 2.35. The second-order valence-corrected chi connectivity index (χ2v) is 7.68. The van der Waals surface area contributed by atoms with Crippen molar-refractivity contribution < 1.29 is 23.7 Å². The number of carbonyl (C=O) groups is 1. The quantitative estimate of drug-likeness (QED) is 0.252. The lowest BCUT2D eigenvalue weighted by Crippen LogP contribution is -2.28. The van der Waals surface area contributed by atoms with E-state index in [-0.39, 0.29) is 12.5 Å². The minimum absolute atomic E-state index is 0.272. The predicted octanol–water partition coefficient (Wildman–Crippen LogP) is 4.47. The van der Waals surface area contributed by atoms with E-state index in [1.807, 2.05) is 48.5 Å². The molecule has 0 saturated heterocycles. The number of nitrogens with one attached hydrogen (secondary N) is 1. The minimum atomic E-state index is -0.830. The van der Waals surface area contributed by atoms with E-state index in [9.17, 15) is 4.79 Å². The summed E-state index contributed by atoms with van der Waals surface area (Å²) in [5.74, 6) is 0.746. The Morgan fingerprint density at radius 3 is 2.53 bits per heavy atom. The number of carbonyl (C=O) groups excluding carboxylic acids is 1. The number of ether oxygens (including phenoxy) is 4. The van der Waals surface area contributed by atoms with Gasteiger partial charge in [0.2, 0.25) is 0 Å². The van der Waals surface area contributed by atoms with E-state index in [1.165, 1.54) is 6.21 Å². The molecule has 1 unspecified atom stereocenters. The molecule has 0 aliphatic carbocycles. The van der Waals surface area contributed by atoms with Crippen LogP contribution in [0.15, 0.2) is 64.2 Å². The van der Waals surface area contributed by atoms with Gasteiger partial charge in [0, 0.05) is 7.11 Å². The van der Waals surface area contributed by atoms with Gasteiger partial charge in [0.05, 0.1) is 38.1 Å². The van der Waals surface area contributed by atoms with Crippen molar-refractivity contribution in [2.24, 2.45) is 5.10 Å². The Hall–Kier alpha value is -2.94. The second-order valence-electron chi connectivity index (χ2n) is 6.82. The van der Waals surface area contributed by atoms with Gasteiger partial charge in [-0.1, -0.05) is 36.4 Å². The number of methoxy groups -OCH3 is 3. The third-order valence-corrected chi connectivity index (χ3v) is 5.32. The molecule has 0 radical (unpaired) electrons. The Balaban J connectivity index is 1.78. The molecule has 1 atom stereocenters. The van der Waals surface area contributed by atoms with E-state index < -0.39 is 6.10 Å². The van der Waals surface area contributed by atoms with Crippen LogP contribution >= 0.6 is 15.9 Å². The van der Waals surface area contributed by atoms with Gasteiger partial charge in [-0.3, -0.25) is 4.79 Å². The average molecular weight is 501 g/mol. The van der Waals surface area contributed by atoms with E-state index in [4.69, 9.17) is 18.9 Å². The lowest BCUT2D eigenvalue weighted by atomic mass is 10.0. The standard InChI is InChI=1S/C24H25BrN2O5/c1-29-10-11-32-22(19-9-8-17-6-4-5-7-18(17)14-19)24(28)27-26-15-16-12-20(25)23(31-3)21(13-16)30-2/h4-9,12-15,22H,10-11H2,1-3H3,(H,27,28). The summed E-state index contributed by atoms with van der Waals surface area (Å²) in [5, 5.41) is 6.21. The average Bonchev–Trinajstić information content (AvgIpc) is 2.81. The maximum atomic E-state index is 12.9. The Morgan fingerprint density at radius 1 is 1.03 bits per heavy atom. The summed E-state index contributed by atoms with van der Waals surface area (Å²) < 4.78 is 22.2. The molecule has 0 aliphatic heterocycles. The Labute approximate surface area is 195 Å². The third kappa shape index (κ3) is 5.85. The zero-order valence-electron chi connectivity index (χ0n) is 18.1. The summed E-state index contributed by atoms with van der Waals surface area (Å²) in [6.07, 6.45) is 0.695. The molecule has 8 heteroatoms. The predicted molar refractivity (Wildman–Crippen MR) is 127 cm³/mol. The summed E-state index contributed by atoms with van der Waals surface area (Å²) in [6, 6.07) is 17.3. The molecule has 168 valence electrons. The molecule has 32 heavy (non-hydrogen) atoms. The summed E-state index contributed by atoms with van der Waals surface area (Å²) in [6.45, 7) is 0.647. The van der Waals surface area contributed by atoms with Crippen LogP contribution in [-0.2, 0) is 14.3 Å². The van der Waals surface area contributed by atoms with Gasteiger partial charge in [-0.05, 0) is 56.0 Å². The first-order valence-corrected chi connectivity index (χ1v) is 10.7. The highest BCUT2D eigenvalue weighted by molar-refractivity contribution is 9.10. The van der Waals surface area contributed by atoms with Crippen LogP contribution in [0.2, 0.25) is 0 Å². The number of nitrogens with zero attached hydrogens (tertiary/aromatic N) is 1. The van der Waals surface area contributed by atoms with Crippen LogP contribution < -0.4 is 14.9 Å². The number of rotatable bonds is 10. The summed E-state index contributed by atoms with van der Waals surface area (Å²) >= 11 is 3.44. The summed E-state index contributed by atoms with van der Waals surface area (Å²) in [7, 11) is 4.70. The summed E-state index contributed by atoms with van der Waals surface area (Å²) in [5.41, 5.74) is 4.02. The van der Waals surface area contributed by atoms with Gasteiger partial charge in [0.15, 0.2) is 17.6 Å². The normalized spacial score (nSPS) is 12.1. The molecule has 7 nitrogen and oxygen atoms in total. The number of benzene rings is 3. The first-order valence-electron chi connectivity index (χ1n) is 9.91. The van der Waals surface area contributed by atoms with E-state index in [0.717, 1.165) is 21.9 Å². The molecule has 0 spiro atoms. The number of amides is 1. The lowest BCUT2D eigenvalue weighted by Gasteiger charge is -2.17. The largest absolute Gasteiger partial charge is 0.493 e. The first-order chi connectivity index (χ1) is 15.6. The van der Waals surface area contributed by atoms with E-state index in [2.05, 4.69) is 26.5 Å². The zero-order chi connectivity index (χ0) is 22.9. The van der Waals surface area contributed by atoms with Gasteiger partial charge in [-0.15, -0.1) is 0 Å². The molecular weight excluding hydrogens is 476 g/mol. The molecule has 1 N–H and O–H groups in total. The van der Waals surface area contributed by atoms with Crippen molar-refractivity contribution in [3.05, 3.63) is 70.2 Å². The molecule has 0 aliphatic rings. The third-order valence-electron chi connectivity index (χ3n) is 4.73. The van der Waals surface area contributed by atoms with Gasteiger partial charge < -0.3 is 18.9 Å². The Kier molecular flexibility index (Phi) is 8.61. The highest BCUT2D eigenvalue weighted by Gasteiger charge is 2.21. The van der Waals surface area contributed by atoms with Gasteiger partial charge in [-0.2, -0.15) is 5.10 Å². The molecule has 0 saturated carbocycles. The molecule has 3 aromatic carbocycles. The van der Waals surface area contributed by atoms with E-state index in [0.29, 0.717) is 22.6 Å². The molecule has 3 rings (SSSR count). The van der Waals surface area contributed by atoms with Gasteiger partial charge in [-0.25, -0.2) is 5.43 Å². The fraction of sp³-hybridized carbons (Fsp3) is 0.250. The fourth-order valence-electron chi connectivity index (χ4n) is 3.18. The van der Waals surface area contributed by atoms with Crippen LogP contribution in [0.5, 0.6) is 11.5 Å². The first kappa shape index (κ1) is 23.7. The van der Waals surface area contributed by atoms with Crippen molar-refractivity contribution in [2.45, 2.75) is 6.10 Å². The number of hydrazone groups is 1. The summed E-state index contributed by atoms with van der Waals surface area (Å²) in [4.78, 5) is 12.9. The second kappa shape index (κ2) is 11.6. The van der Waals surface area contributed by atoms with E-state index in [1.54, 1.807) is 27.4 Å². The van der Waals surface area contributed by atoms with Gasteiger partial charge in [0.25, 0.3) is 5.91 Å². The lowest BCUT2D eigenvalue weighted by molar-refractivity contribution is -0.134. The number of fused-ring (bicyclic) bond motifs is 1. The molecule has 1 amide bonds. The van der Waals surface area contributed by atoms with Gasteiger partial charge >= 0.3 is 0 Å². The monoisotopic (exact) mass is 500 g/mol. The van der Waals surface area contributed by atoms with Crippen molar-refractivity contribution in [2.75, 3.05) is 34.5 Å². The van der Waals surface area contributed by atoms with E-state index >= 15 is 0 Å². The molecular formula is C24H25BrN2O5. The molecule has 0 heterocycles. The molecule has 0 fully saturated rings. The molecule has 3 aromatic rings. The van der Waals surface area contributed by atoms with Gasteiger partial charge in [0.1, 0.15) is 0 Å². The van der Waals surface area contributed by atoms with Crippen LogP contribution in [0.25, 0.3) is 10.8 Å². The zero-order valence-corrected chi connectivity index (χ0v) is 19.7. The van der Waals surface area contributed by atoms with Crippen LogP contribution in [-0.4, -0.2) is 46.7 Å².